The Morgan fingerprint density at radius 1 is 1.17 bits per heavy atom. The molecule has 0 unspecified atom stereocenters. The Kier molecular flexibility index (Phi) is 4.89. The van der Waals surface area contributed by atoms with E-state index in [1.54, 1.807) is 18.2 Å². The van der Waals surface area contributed by atoms with Gasteiger partial charge in [0.15, 0.2) is 0 Å². The van der Waals surface area contributed by atoms with Crippen LogP contribution in [0.15, 0.2) is 35.2 Å². The maximum Gasteiger partial charge on any atom is 0.238 e. The van der Waals surface area contributed by atoms with Crippen molar-refractivity contribution in [3.63, 3.8) is 0 Å². The average molecular weight is 208 g/mol. The smallest absolute Gasteiger partial charge is 0.225 e. The van der Waals surface area contributed by atoms with Gasteiger partial charge in [0.25, 0.3) is 0 Å². The van der Waals surface area contributed by atoms with Gasteiger partial charge >= 0.3 is 0 Å². The normalized spacial score (nSPS) is 9.92. The number of halogens is 1. The van der Waals surface area contributed by atoms with E-state index in [0.29, 0.717) is 0 Å². The summed E-state index contributed by atoms with van der Waals surface area (Å²) in [5.41, 5.74) is 0. The molecule has 5 heteroatoms. The molecule has 1 aromatic rings. The Balaban J connectivity index is 0.000000561. The van der Waals surface area contributed by atoms with Crippen LogP contribution in [0.5, 0.6) is 0 Å². The molecule has 0 aliphatic carbocycles. The predicted molar refractivity (Wildman–Crippen MR) is 49.6 cm³/mol. The molecular formula is C7H10ClNO2S. The Hall–Kier alpha value is -0.580. The molecule has 0 bridgehead atoms. The SMILES string of the molecule is CCl.NS(=O)(=O)c1ccccc1. The van der Waals surface area contributed by atoms with Crippen molar-refractivity contribution in [1.29, 1.82) is 0 Å². The van der Waals surface area contributed by atoms with Gasteiger partial charge in [-0.15, -0.1) is 11.6 Å². The minimum Gasteiger partial charge on any atom is -0.225 e. The number of benzene rings is 1. The number of primary sulfonamides is 1. The van der Waals surface area contributed by atoms with E-state index in [-0.39, 0.29) is 4.90 Å². The molecule has 3 nitrogen and oxygen atoms in total. The lowest BCUT2D eigenvalue weighted by molar-refractivity contribution is 0.598. The van der Waals surface area contributed by atoms with Crippen molar-refractivity contribution in [3.8, 4) is 0 Å². The van der Waals surface area contributed by atoms with Crippen LogP contribution in [0.25, 0.3) is 0 Å². The van der Waals surface area contributed by atoms with Crippen molar-refractivity contribution in [2.45, 2.75) is 4.90 Å². The van der Waals surface area contributed by atoms with Gasteiger partial charge < -0.3 is 0 Å². The van der Waals surface area contributed by atoms with E-state index in [4.69, 9.17) is 5.14 Å². The van der Waals surface area contributed by atoms with Crippen molar-refractivity contribution in [2.75, 3.05) is 6.38 Å². The highest BCUT2D eigenvalue weighted by molar-refractivity contribution is 7.89. The zero-order valence-corrected chi connectivity index (χ0v) is 8.14. The number of sulfonamides is 1. The first-order valence-corrected chi connectivity index (χ1v) is 5.36. The maximum absolute atomic E-state index is 10.6. The lowest BCUT2D eigenvalue weighted by Crippen LogP contribution is -2.11. The fourth-order valence-corrected chi connectivity index (χ4v) is 1.15. The van der Waals surface area contributed by atoms with E-state index in [9.17, 15) is 8.42 Å². The molecule has 0 radical (unpaired) electrons. The summed E-state index contributed by atoms with van der Waals surface area (Å²) in [6, 6.07) is 7.89. The summed E-state index contributed by atoms with van der Waals surface area (Å²) in [7, 11) is -3.50. The van der Waals surface area contributed by atoms with Crippen LogP contribution in [0, 0.1) is 0 Å². The Morgan fingerprint density at radius 3 is 1.83 bits per heavy atom. The van der Waals surface area contributed by atoms with Crippen molar-refractivity contribution in [2.24, 2.45) is 5.14 Å². The molecule has 0 aliphatic heterocycles. The lowest BCUT2D eigenvalue weighted by atomic mass is 10.4. The number of alkyl halides is 1. The molecule has 0 amide bonds. The van der Waals surface area contributed by atoms with Crippen molar-refractivity contribution in [1.82, 2.24) is 0 Å². The number of nitrogens with two attached hydrogens (primary N) is 1. The van der Waals surface area contributed by atoms with Crippen LogP contribution in [-0.4, -0.2) is 14.8 Å². The molecule has 1 rings (SSSR count). The first kappa shape index (κ1) is 11.4. The zero-order valence-electron chi connectivity index (χ0n) is 6.57. The molecule has 0 aliphatic rings. The molecule has 0 saturated carbocycles. The van der Waals surface area contributed by atoms with Crippen LogP contribution in [-0.2, 0) is 10.0 Å². The summed E-state index contributed by atoms with van der Waals surface area (Å²) >= 11 is 4.64. The predicted octanol–water partition coefficient (Wildman–Crippen LogP) is 1.19. The zero-order chi connectivity index (χ0) is 9.61. The highest BCUT2D eigenvalue weighted by Gasteiger charge is 2.03. The molecule has 0 atom stereocenters. The van der Waals surface area contributed by atoms with Crippen LogP contribution in [0.3, 0.4) is 0 Å². The van der Waals surface area contributed by atoms with Gasteiger partial charge in [-0.05, 0) is 12.1 Å². The summed E-state index contributed by atoms with van der Waals surface area (Å²) < 4.78 is 21.2. The molecule has 0 fully saturated rings. The standard InChI is InChI=1S/C6H7NO2S.CH3Cl/c7-10(8,9)6-4-2-1-3-5-6;1-2/h1-5H,(H2,7,8,9);1H3. The number of rotatable bonds is 1. The summed E-state index contributed by atoms with van der Waals surface area (Å²) in [5, 5.41) is 4.83. The third kappa shape index (κ3) is 3.71. The third-order valence-electron chi connectivity index (χ3n) is 1.07. The second-order valence-corrected chi connectivity index (χ2v) is 3.42. The quantitative estimate of drug-likeness (QED) is 0.704. The Morgan fingerprint density at radius 2 is 1.58 bits per heavy atom. The highest BCUT2D eigenvalue weighted by Crippen LogP contribution is 2.02. The first-order valence-electron chi connectivity index (χ1n) is 3.06. The summed E-state index contributed by atoms with van der Waals surface area (Å²) in [6.45, 7) is 0. The second-order valence-electron chi connectivity index (χ2n) is 1.86. The highest BCUT2D eigenvalue weighted by atomic mass is 35.5. The molecule has 2 N–H and O–H groups in total. The van der Waals surface area contributed by atoms with E-state index < -0.39 is 10.0 Å². The molecule has 0 aromatic heterocycles. The van der Waals surface area contributed by atoms with E-state index in [1.807, 2.05) is 0 Å². The molecule has 0 saturated heterocycles. The fraction of sp³-hybridized carbons (Fsp3) is 0.143. The topological polar surface area (TPSA) is 60.2 Å². The molecule has 0 heterocycles. The lowest BCUT2D eigenvalue weighted by Gasteiger charge is -1.93. The summed E-state index contributed by atoms with van der Waals surface area (Å²) in [4.78, 5) is 0.148. The van der Waals surface area contributed by atoms with Crippen molar-refractivity contribution < 1.29 is 8.42 Å². The van der Waals surface area contributed by atoms with Gasteiger partial charge in [-0.2, -0.15) is 0 Å². The monoisotopic (exact) mass is 207 g/mol. The van der Waals surface area contributed by atoms with E-state index in [1.165, 1.54) is 18.5 Å². The van der Waals surface area contributed by atoms with Crippen LogP contribution in [0.1, 0.15) is 0 Å². The second kappa shape index (κ2) is 5.13. The number of hydrogen-bond donors (Lipinski definition) is 1. The van der Waals surface area contributed by atoms with Crippen LogP contribution < -0.4 is 5.14 Å². The van der Waals surface area contributed by atoms with Crippen molar-refractivity contribution in [3.05, 3.63) is 30.3 Å². The van der Waals surface area contributed by atoms with Gasteiger partial charge in [-0.25, -0.2) is 13.6 Å². The minimum atomic E-state index is -3.50. The van der Waals surface area contributed by atoms with E-state index in [0.717, 1.165) is 0 Å². The summed E-state index contributed by atoms with van der Waals surface area (Å²) in [5.74, 6) is 0. The average Bonchev–Trinajstić information content (AvgIpc) is 2.08. The molecule has 12 heavy (non-hydrogen) atoms. The molecule has 68 valence electrons. The van der Waals surface area contributed by atoms with Gasteiger partial charge in [-0.3, -0.25) is 0 Å². The molecule has 1 aromatic carbocycles. The fourth-order valence-electron chi connectivity index (χ4n) is 0.610. The van der Waals surface area contributed by atoms with Gasteiger partial charge in [0, 0.05) is 6.38 Å². The van der Waals surface area contributed by atoms with Gasteiger partial charge in [0.05, 0.1) is 4.90 Å². The van der Waals surface area contributed by atoms with Crippen LogP contribution in [0.2, 0.25) is 0 Å². The van der Waals surface area contributed by atoms with Crippen molar-refractivity contribution >= 4 is 21.6 Å². The summed E-state index contributed by atoms with van der Waals surface area (Å²) in [6.07, 6.45) is 1.47. The van der Waals surface area contributed by atoms with Gasteiger partial charge in [-0.1, -0.05) is 18.2 Å². The molecule has 0 spiro atoms. The third-order valence-corrected chi connectivity index (χ3v) is 2.00. The van der Waals surface area contributed by atoms with Crippen LogP contribution >= 0.6 is 11.6 Å². The van der Waals surface area contributed by atoms with Crippen LogP contribution in [0.4, 0.5) is 0 Å². The van der Waals surface area contributed by atoms with E-state index >= 15 is 0 Å². The maximum atomic E-state index is 10.6. The largest absolute Gasteiger partial charge is 0.238 e. The Bertz CT molecular complexity index is 309. The first-order chi connectivity index (χ1) is 5.61. The van der Waals surface area contributed by atoms with Gasteiger partial charge in [0.2, 0.25) is 10.0 Å². The van der Waals surface area contributed by atoms with Gasteiger partial charge in [0.1, 0.15) is 0 Å². The Labute approximate surface area is 77.2 Å². The van der Waals surface area contributed by atoms with E-state index in [2.05, 4.69) is 11.6 Å². The molecular weight excluding hydrogens is 198 g/mol. The number of hydrogen-bond acceptors (Lipinski definition) is 2. The minimum absolute atomic E-state index is 0.148.